The molecule has 4 fully saturated rings. The number of cyclic esters (lactones) is 1. The van der Waals surface area contributed by atoms with Gasteiger partial charge in [0.1, 0.15) is 36.9 Å². The molecule has 1 aromatic carbocycles. The van der Waals surface area contributed by atoms with Gasteiger partial charge in [0.25, 0.3) is 0 Å². The van der Waals surface area contributed by atoms with E-state index in [1.807, 2.05) is 25.1 Å². The van der Waals surface area contributed by atoms with Crippen LogP contribution in [0.5, 0.6) is 0 Å². The molecule has 3 saturated heterocycles. The normalized spacial score (nSPS) is 33.1. The molecule has 1 aliphatic carbocycles. The highest BCUT2D eigenvalue weighted by Gasteiger charge is 2.48. The summed E-state index contributed by atoms with van der Waals surface area (Å²) in [5.74, 6) is -3.65. The number of alkyl carbamates (subject to hydrolysis) is 1. The van der Waals surface area contributed by atoms with Crippen LogP contribution in [0.4, 0.5) is 4.79 Å². The van der Waals surface area contributed by atoms with Crippen LogP contribution < -0.4 is 10.6 Å². The third-order valence-electron chi connectivity index (χ3n) is 9.65. The molecule has 0 spiro atoms. The molecule has 2 N–H and O–H groups in total. The van der Waals surface area contributed by atoms with Crippen molar-refractivity contribution in [3.8, 4) is 0 Å². The second kappa shape index (κ2) is 14.0. The van der Waals surface area contributed by atoms with Crippen molar-refractivity contribution in [3.63, 3.8) is 0 Å². The number of nitrogens with one attached hydrogen (secondary N) is 2. The molecule has 0 aromatic heterocycles. The zero-order valence-corrected chi connectivity index (χ0v) is 26.2. The fourth-order valence-electron chi connectivity index (χ4n) is 7.28. The fourth-order valence-corrected chi connectivity index (χ4v) is 7.28. The number of Topliss-reactive ketones (excluding diaryl/α,β-unsaturated/α-hetero) is 1. The van der Waals surface area contributed by atoms with Gasteiger partial charge in [-0.3, -0.25) is 19.2 Å². The molecule has 12 nitrogen and oxygen atoms in total. The number of piperidine rings is 1. The number of benzene rings is 1. The number of fused-ring (bicyclic) bond motifs is 3. The van der Waals surface area contributed by atoms with E-state index in [9.17, 15) is 28.8 Å². The first-order valence-electron chi connectivity index (χ1n) is 16.2. The number of ketones is 1. The molecule has 4 aliphatic rings. The number of hydrogen-bond donors (Lipinski definition) is 2. The van der Waals surface area contributed by atoms with Gasteiger partial charge in [0.2, 0.25) is 17.7 Å². The maximum atomic E-state index is 14.2. The van der Waals surface area contributed by atoms with Gasteiger partial charge in [0, 0.05) is 24.9 Å². The minimum Gasteiger partial charge on any atom is -0.458 e. The lowest BCUT2D eigenvalue weighted by Crippen LogP contribution is -2.59. The van der Waals surface area contributed by atoms with Gasteiger partial charge >= 0.3 is 12.1 Å². The molecule has 5 rings (SSSR count). The summed E-state index contributed by atoms with van der Waals surface area (Å²) < 4.78 is 11.2. The smallest absolute Gasteiger partial charge is 0.408 e. The quantitative estimate of drug-likeness (QED) is 0.487. The van der Waals surface area contributed by atoms with Crippen molar-refractivity contribution in [2.75, 3.05) is 13.1 Å². The lowest BCUT2D eigenvalue weighted by molar-refractivity contribution is -0.161. The van der Waals surface area contributed by atoms with Crippen molar-refractivity contribution in [1.82, 2.24) is 20.4 Å². The summed E-state index contributed by atoms with van der Waals surface area (Å²) in [6.45, 7) is 5.69. The summed E-state index contributed by atoms with van der Waals surface area (Å²) in [4.78, 5) is 84.8. The Bertz CT molecular complexity index is 1300. The summed E-state index contributed by atoms with van der Waals surface area (Å²) in [5, 5.41) is 5.43. The van der Waals surface area contributed by atoms with Crippen molar-refractivity contribution < 1.29 is 38.2 Å². The van der Waals surface area contributed by atoms with E-state index >= 15 is 0 Å². The molecule has 45 heavy (non-hydrogen) atoms. The van der Waals surface area contributed by atoms with Crippen LogP contribution in [0.15, 0.2) is 30.3 Å². The number of carbonyl (C=O) groups is 6. The average Bonchev–Trinajstić information content (AvgIpc) is 3.69. The number of amides is 4. The first kappa shape index (κ1) is 32.4. The van der Waals surface area contributed by atoms with Gasteiger partial charge in [0.05, 0.1) is 0 Å². The Labute approximate surface area is 263 Å². The van der Waals surface area contributed by atoms with Crippen LogP contribution in [0, 0.1) is 17.8 Å². The van der Waals surface area contributed by atoms with E-state index in [1.54, 1.807) is 24.0 Å². The monoisotopic (exact) mass is 624 g/mol. The highest BCUT2D eigenvalue weighted by Crippen LogP contribution is 2.37. The Hall–Kier alpha value is -3.96. The second-order valence-electron chi connectivity index (χ2n) is 13.0. The minimum absolute atomic E-state index is 0.000939. The van der Waals surface area contributed by atoms with E-state index < -0.39 is 71.8 Å². The Morgan fingerprint density at radius 1 is 0.911 bits per heavy atom. The number of nitrogens with zero attached hydrogens (tertiary/aromatic N) is 2. The summed E-state index contributed by atoms with van der Waals surface area (Å²) in [6.07, 6.45) is 1.84. The molecule has 3 aliphatic heterocycles. The molecule has 3 heterocycles. The van der Waals surface area contributed by atoms with E-state index in [0.29, 0.717) is 45.2 Å². The Kier molecular flexibility index (Phi) is 10.1. The van der Waals surface area contributed by atoms with Crippen LogP contribution in [0.2, 0.25) is 0 Å². The standard InChI is InChI=1S/C33H44N4O8/c1-19-16-26-32(42)45-21(3)27(35-33(43)44-18-22-10-5-4-6-11-22)28(38)23-12-9-13-24(23)31(41)36-15-8-7-14-25(36)29(39)34-20(2)30(40)37(26)17-19/h4-6,10-11,19-21,23-27H,7-9,12-18H2,1-3H3,(H,34,39)(H,35,43)/t19-,20-,21-,23?,24+,25-,26-,27-/m0/s1. The Balaban J connectivity index is 1.45. The molecular formula is C33H44N4O8. The number of carbonyl (C=O) groups excluding carboxylic acids is 6. The molecule has 1 aromatic rings. The molecule has 4 amide bonds. The van der Waals surface area contributed by atoms with Gasteiger partial charge in [0.15, 0.2) is 5.78 Å². The molecule has 1 unspecified atom stereocenters. The minimum atomic E-state index is -1.29. The third kappa shape index (κ3) is 7.15. The van der Waals surface area contributed by atoms with Crippen LogP contribution in [0.1, 0.15) is 71.3 Å². The maximum Gasteiger partial charge on any atom is 0.408 e. The van der Waals surface area contributed by atoms with Crippen molar-refractivity contribution in [3.05, 3.63) is 35.9 Å². The van der Waals surface area contributed by atoms with E-state index in [4.69, 9.17) is 9.47 Å². The highest BCUT2D eigenvalue weighted by atomic mass is 16.6. The van der Waals surface area contributed by atoms with Crippen molar-refractivity contribution in [1.29, 1.82) is 0 Å². The van der Waals surface area contributed by atoms with Crippen LogP contribution in [-0.2, 0) is 40.1 Å². The third-order valence-corrected chi connectivity index (χ3v) is 9.65. The van der Waals surface area contributed by atoms with Crippen molar-refractivity contribution in [2.45, 2.75) is 103 Å². The Morgan fingerprint density at radius 2 is 1.64 bits per heavy atom. The fraction of sp³-hybridized carbons (Fsp3) is 0.636. The molecular weight excluding hydrogens is 580 g/mol. The molecule has 244 valence electrons. The van der Waals surface area contributed by atoms with Gasteiger partial charge in [-0.25, -0.2) is 9.59 Å². The predicted octanol–water partition coefficient (Wildman–Crippen LogP) is 2.33. The summed E-state index contributed by atoms with van der Waals surface area (Å²) >= 11 is 0. The number of esters is 1. The van der Waals surface area contributed by atoms with Crippen LogP contribution in [-0.4, -0.2) is 88.7 Å². The van der Waals surface area contributed by atoms with Gasteiger partial charge in [-0.05, 0) is 63.9 Å². The topological polar surface area (TPSA) is 151 Å². The molecule has 0 bridgehead atoms. The van der Waals surface area contributed by atoms with Crippen molar-refractivity contribution >= 4 is 35.6 Å². The largest absolute Gasteiger partial charge is 0.458 e. The first-order valence-corrected chi connectivity index (χ1v) is 16.2. The molecule has 1 saturated carbocycles. The van der Waals surface area contributed by atoms with Crippen LogP contribution in [0.25, 0.3) is 0 Å². The summed E-state index contributed by atoms with van der Waals surface area (Å²) in [5.41, 5.74) is 0.757. The zero-order valence-electron chi connectivity index (χ0n) is 26.2. The summed E-state index contributed by atoms with van der Waals surface area (Å²) in [6, 6.07) is 5.20. The SMILES string of the molecule is C[C@H]1C[C@H]2C(=O)O[C@@H](C)[C@H](NC(=O)OCc3ccccc3)C(=O)C3CCC[C@H]3C(=O)N3CCCC[C@H]3C(=O)N[C@@H](C)C(=O)N2C1. The van der Waals surface area contributed by atoms with Gasteiger partial charge in [-0.2, -0.15) is 0 Å². The number of ether oxygens (including phenoxy) is 2. The number of hydrogen-bond acceptors (Lipinski definition) is 8. The van der Waals surface area contributed by atoms with E-state index in [1.165, 1.54) is 11.8 Å². The highest BCUT2D eigenvalue weighted by molar-refractivity contribution is 5.97. The first-order chi connectivity index (χ1) is 21.5. The molecule has 12 heteroatoms. The Morgan fingerprint density at radius 3 is 2.40 bits per heavy atom. The van der Waals surface area contributed by atoms with Crippen LogP contribution in [0.3, 0.4) is 0 Å². The maximum absolute atomic E-state index is 14.2. The number of rotatable bonds is 3. The average molecular weight is 625 g/mol. The van der Waals surface area contributed by atoms with Crippen LogP contribution >= 0.6 is 0 Å². The van der Waals surface area contributed by atoms with E-state index in [0.717, 1.165) is 18.4 Å². The molecule has 0 radical (unpaired) electrons. The second-order valence-corrected chi connectivity index (χ2v) is 13.0. The van der Waals surface area contributed by atoms with Gasteiger partial charge in [-0.15, -0.1) is 0 Å². The molecule has 8 atom stereocenters. The zero-order chi connectivity index (χ0) is 32.2. The lowest BCUT2D eigenvalue weighted by Gasteiger charge is -2.38. The van der Waals surface area contributed by atoms with Gasteiger partial charge in [-0.1, -0.05) is 43.7 Å². The van der Waals surface area contributed by atoms with E-state index in [2.05, 4.69) is 10.6 Å². The van der Waals surface area contributed by atoms with Crippen molar-refractivity contribution in [2.24, 2.45) is 17.8 Å². The predicted molar refractivity (Wildman–Crippen MR) is 161 cm³/mol. The lowest BCUT2D eigenvalue weighted by atomic mass is 9.85. The van der Waals surface area contributed by atoms with Gasteiger partial charge < -0.3 is 29.9 Å². The van der Waals surface area contributed by atoms with E-state index in [-0.39, 0.29) is 18.4 Å². The summed E-state index contributed by atoms with van der Waals surface area (Å²) in [7, 11) is 0.